The van der Waals surface area contributed by atoms with Crippen LogP contribution in [0.3, 0.4) is 0 Å². The molecular formula is C40H47N3O6S. The number of aryl methyl sites for hydroxylation is 1. The maximum Gasteiger partial charge on any atom is 0.242 e. The molecule has 0 saturated carbocycles. The molecule has 4 aromatic rings. The topological polar surface area (TPSA) is 117 Å². The molecule has 4 aromatic carbocycles. The summed E-state index contributed by atoms with van der Waals surface area (Å²) >= 11 is 0. The Labute approximate surface area is 295 Å². The number of nitrogens with one attached hydrogen (secondary N) is 2. The smallest absolute Gasteiger partial charge is 0.242 e. The number of aliphatic hydroxyl groups is 1. The molecule has 0 bridgehead atoms. The number of nitrogens with zero attached hydrogens (tertiary/aromatic N) is 1. The maximum absolute atomic E-state index is 13.7. The van der Waals surface area contributed by atoms with E-state index in [4.69, 9.17) is 9.47 Å². The summed E-state index contributed by atoms with van der Waals surface area (Å²) < 4.78 is 42.6. The minimum absolute atomic E-state index is 0.0147. The average molecular weight is 698 g/mol. The Hall–Kier alpha value is -3.90. The van der Waals surface area contributed by atoms with E-state index in [9.17, 15) is 18.3 Å². The first-order chi connectivity index (χ1) is 24.2. The van der Waals surface area contributed by atoms with Crippen LogP contribution in [0.25, 0.3) is 0 Å². The Morgan fingerprint density at radius 1 is 0.840 bits per heavy atom. The van der Waals surface area contributed by atoms with Crippen molar-refractivity contribution in [3.63, 3.8) is 0 Å². The molecule has 0 spiro atoms. The van der Waals surface area contributed by atoms with Crippen LogP contribution in [-0.2, 0) is 37.3 Å². The lowest BCUT2D eigenvalue weighted by atomic mass is 9.89. The van der Waals surface area contributed by atoms with Gasteiger partial charge < -0.3 is 24.8 Å². The average Bonchev–Trinajstić information content (AvgIpc) is 3.13. The summed E-state index contributed by atoms with van der Waals surface area (Å²) in [6.07, 6.45) is 2.93. The standard InChI is InChI=1S/C40H47N3O6S/c1-28-11-21-35(22-12-28)50(46,47)42-36(25-30-9-5-3-6-10-30)39(45)41-34-19-17-33(18-20-34)40-48-37(26-43-23-7-4-8-24-43)29(2)38(49-40)32-15-13-31(27-44)14-16-32/h3,5-6,9-22,29,36-38,40,42,44H,4,7-8,23-27H2,1-2H3,(H,41,45)/t29-,36+,37+,38+,40+/m0/s1. The third kappa shape index (κ3) is 9.06. The highest BCUT2D eigenvalue weighted by atomic mass is 32.2. The van der Waals surface area contributed by atoms with Gasteiger partial charge in [-0.3, -0.25) is 4.79 Å². The van der Waals surface area contributed by atoms with Gasteiger partial charge in [-0.15, -0.1) is 0 Å². The van der Waals surface area contributed by atoms with Crippen LogP contribution in [-0.4, -0.2) is 56.1 Å². The summed E-state index contributed by atoms with van der Waals surface area (Å²) in [6.45, 7) is 7.00. The van der Waals surface area contributed by atoms with Crippen molar-refractivity contribution in [2.24, 2.45) is 5.92 Å². The van der Waals surface area contributed by atoms with Gasteiger partial charge in [0, 0.05) is 23.7 Å². The van der Waals surface area contributed by atoms with Gasteiger partial charge in [0.1, 0.15) is 6.04 Å². The van der Waals surface area contributed by atoms with Crippen molar-refractivity contribution in [1.29, 1.82) is 0 Å². The van der Waals surface area contributed by atoms with Gasteiger partial charge in [0.15, 0.2) is 6.29 Å². The lowest BCUT2D eigenvalue weighted by Gasteiger charge is -2.43. The molecule has 0 aromatic heterocycles. The van der Waals surface area contributed by atoms with Crippen molar-refractivity contribution in [3.05, 3.63) is 131 Å². The fourth-order valence-corrected chi connectivity index (χ4v) is 7.88. The van der Waals surface area contributed by atoms with Gasteiger partial charge >= 0.3 is 0 Å². The predicted octanol–water partition coefficient (Wildman–Crippen LogP) is 6.29. The molecular weight excluding hydrogens is 651 g/mol. The molecule has 1 amide bonds. The third-order valence-corrected chi connectivity index (χ3v) is 11.2. The SMILES string of the molecule is Cc1ccc(S(=O)(=O)N[C@H](Cc2ccccc2)C(=O)Nc2ccc([C@@H]3O[C@H](CN4CCCCC4)[C@H](C)[C@H](c4ccc(CO)cc4)O3)cc2)cc1. The molecule has 5 atom stereocenters. The second kappa shape index (κ2) is 16.4. The molecule has 2 saturated heterocycles. The number of hydrogen-bond donors (Lipinski definition) is 3. The lowest BCUT2D eigenvalue weighted by molar-refractivity contribution is -0.276. The number of carbonyl (C=O) groups excluding carboxylic acids is 1. The number of ether oxygens (including phenoxy) is 2. The number of sulfonamides is 1. The lowest BCUT2D eigenvalue weighted by Crippen LogP contribution is -2.45. The molecule has 3 N–H and O–H groups in total. The Bertz CT molecular complexity index is 1800. The van der Waals surface area contributed by atoms with Crippen LogP contribution >= 0.6 is 0 Å². The minimum atomic E-state index is -3.97. The fraction of sp³-hybridized carbons (Fsp3) is 0.375. The molecule has 0 aliphatic carbocycles. The van der Waals surface area contributed by atoms with Crippen LogP contribution in [0, 0.1) is 12.8 Å². The number of aliphatic hydroxyl groups excluding tert-OH is 1. The van der Waals surface area contributed by atoms with Crippen molar-refractivity contribution < 1.29 is 27.8 Å². The van der Waals surface area contributed by atoms with Crippen LogP contribution in [0.4, 0.5) is 5.69 Å². The highest BCUT2D eigenvalue weighted by Crippen LogP contribution is 2.42. The number of rotatable bonds is 12. The first-order valence-corrected chi connectivity index (χ1v) is 18.9. The number of carbonyl (C=O) groups is 1. The Morgan fingerprint density at radius 2 is 1.50 bits per heavy atom. The predicted molar refractivity (Wildman–Crippen MR) is 194 cm³/mol. The number of hydrogen-bond acceptors (Lipinski definition) is 7. The molecule has 2 heterocycles. The zero-order valence-electron chi connectivity index (χ0n) is 28.7. The van der Waals surface area contributed by atoms with Crippen LogP contribution in [0.1, 0.15) is 66.4 Å². The zero-order chi connectivity index (χ0) is 35.1. The largest absolute Gasteiger partial charge is 0.392 e. The first kappa shape index (κ1) is 35.9. The summed E-state index contributed by atoms with van der Waals surface area (Å²) in [5.74, 6) is -0.374. The molecule has 0 radical (unpaired) electrons. The van der Waals surface area contributed by atoms with E-state index in [0.29, 0.717) is 5.69 Å². The van der Waals surface area contributed by atoms with Crippen molar-refractivity contribution in [2.45, 2.75) is 75.6 Å². The van der Waals surface area contributed by atoms with Gasteiger partial charge in [-0.2, -0.15) is 4.72 Å². The summed E-state index contributed by atoms with van der Waals surface area (Å²) in [7, 11) is -3.97. The first-order valence-electron chi connectivity index (χ1n) is 17.5. The third-order valence-electron chi connectivity index (χ3n) is 9.69. The second-order valence-corrected chi connectivity index (χ2v) is 15.2. The normalized spacial score (nSPS) is 22.1. The Kier molecular flexibility index (Phi) is 11.8. The molecule has 2 fully saturated rings. The van der Waals surface area contributed by atoms with E-state index in [1.54, 1.807) is 24.3 Å². The van der Waals surface area contributed by atoms with Gasteiger partial charge in [0.25, 0.3) is 0 Å². The number of likely N-dealkylation sites (tertiary alicyclic amines) is 1. The number of benzene rings is 4. The zero-order valence-corrected chi connectivity index (χ0v) is 29.5. The highest BCUT2D eigenvalue weighted by Gasteiger charge is 2.39. The minimum Gasteiger partial charge on any atom is -0.392 e. The maximum atomic E-state index is 13.7. The van der Waals surface area contributed by atoms with E-state index < -0.39 is 28.3 Å². The van der Waals surface area contributed by atoms with Crippen molar-refractivity contribution >= 4 is 21.6 Å². The fourth-order valence-electron chi connectivity index (χ4n) is 6.69. The summed E-state index contributed by atoms with van der Waals surface area (Å²) in [6, 6.07) is 30.0. The van der Waals surface area contributed by atoms with E-state index in [0.717, 1.165) is 47.5 Å². The van der Waals surface area contributed by atoms with E-state index in [-0.39, 0.29) is 36.0 Å². The Morgan fingerprint density at radius 3 is 2.16 bits per heavy atom. The van der Waals surface area contributed by atoms with E-state index in [2.05, 4.69) is 21.9 Å². The molecule has 2 aliphatic heterocycles. The Balaban J connectivity index is 1.19. The van der Waals surface area contributed by atoms with E-state index in [1.807, 2.05) is 73.7 Å². The van der Waals surface area contributed by atoms with Crippen LogP contribution in [0.2, 0.25) is 0 Å². The van der Waals surface area contributed by atoms with Gasteiger partial charge in [-0.05, 0) is 80.2 Å². The highest BCUT2D eigenvalue weighted by molar-refractivity contribution is 7.89. The van der Waals surface area contributed by atoms with Gasteiger partial charge in [-0.1, -0.05) is 97.8 Å². The molecule has 6 rings (SSSR count). The molecule has 264 valence electrons. The monoisotopic (exact) mass is 697 g/mol. The van der Waals surface area contributed by atoms with Gasteiger partial charge in [0.05, 0.1) is 23.7 Å². The van der Waals surface area contributed by atoms with Crippen LogP contribution in [0.15, 0.2) is 108 Å². The van der Waals surface area contributed by atoms with Crippen molar-refractivity contribution in [2.75, 3.05) is 25.0 Å². The number of anilines is 1. The van der Waals surface area contributed by atoms with Crippen LogP contribution < -0.4 is 10.0 Å². The summed E-state index contributed by atoms with van der Waals surface area (Å²) in [5, 5.41) is 12.5. The van der Waals surface area contributed by atoms with Crippen molar-refractivity contribution in [1.82, 2.24) is 9.62 Å². The summed E-state index contributed by atoms with van der Waals surface area (Å²) in [5.41, 5.74) is 4.99. The molecule has 10 heteroatoms. The number of amides is 1. The van der Waals surface area contributed by atoms with Crippen LogP contribution in [0.5, 0.6) is 0 Å². The molecule has 0 unspecified atom stereocenters. The quantitative estimate of drug-likeness (QED) is 0.159. The van der Waals surface area contributed by atoms with E-state index in [1.165, 1.54) is 31.4 Å². The van der Waals surface area contributed by atoms with Gasteiger partial charge in [-0.25, -0.2) is 8.42 Å². The molecule has 9 nitrogen and oxygen atoms in total. The summed E-state index contributed by atoms with van der Waals surface area (Å²) in [4.78, 5) is 16.3. The van der Waals surface area contributed by atoms with Gasteiger partial charge in [0.2, 0.25) is 15.9 Å². The molecule has 2 aliphatic rings. The van der Waals surface area contributed by atoms with Crippen molar-refractivity contribution in [3.8, 4) is 0 Å². The second-order valence-electron chi connectivity index (χ2n) is 13.5. The molecule has 50 heavy (non-hydrogen) atoms. The van der Waals surface area contributed by atoms with E-state index >= 15 is 0 Å². The number of piperidine rings is 1.